The number of rotatable bonds is 4. The Morgan fingerprint density at radius 2 is 1.73 bits per heavy atom. The van der Waals surface area contributed by atoms with Gasteiger partial charge in [-0.1, -0.05) is 0 Å². The van der Waals surface area contributed by atoms with E-state index < -0.39 is 6.55 Å². The molecule has 2 heterocycles. The Morgan fingerprint density at radius 3 is 2.23 bits per heavy atom. The minimum atomic E-state index is -2.75. The first-order valence-electron chi connectivity index (χ1n) is 8.44. The number of aryl methyl sites for hydroxylation is 1. The standard InChI is InChI=1S/C18H22F2N4O2/c1-12-16(13(2)24(21-12)18(19)20)17(25)23-10-8-22(9-11-23)14-4-6-15(26-3)7-5-14/h4-7,18H,8-11H2,1-3H3. The van der Waals surface area contributed by atoms with E-state index in [1.165, 1.54) is 6.92 Å². The van der Waals surface area contributed by atoms with Gasteiger partial charge in [0.1, 0.15) is 5.75 Å². The van der Waals surface area contributed by atoms with Gasteiger partial charge < -0.3 is 14.5 Å². The van der Waals surface area contributed by atoms with Gasteiger partial charge in [-0.15, -0.1) is 0 Å². The molecule has 8 heteroatoms. The summed E-state index contributed by atoms with van der Waals surface area (Å²) in [6, 6.07) is 7.77. The van der Waals surface area contributed by atoms with Crippen LogP contribution in [0.3, 0.4) is 0 Å². The number of alkyl halides is 2. The lowest BCUT2D eigenvalue weighted by molar-refractivity contribution is 0.0539. The summed E-state index contributed by atoms with van der Waals surface area (Å²) in [7, 11) is 1.62. The number of amides is 1. The molecular formula is C18H22F2N4O2. The maximum atomic E-state index is 13.0. The molecule has 3 rings (SSSR count). The Kier molecular flexibility index (Phi) is 5.11. The van der Waals surface area contributed by atoms with E-state index in [-0.39, 0.29) is 17.2 Å². The van der Waals surface area contributed by atoms with Crippen molar-refractivity contribution in [2.45, 2.75) is 20.4 Å². The Balaban J connectivity index is 1.69. The molecule has 1 aliphatic rings. The number of ether oxygens (including phenoxy) is 1. The molecule has 0 bridgehead atoms. The molecule has 0 unspecified atom stereocenters. The number of hydrogen-bond donors (Lipinski definition) is 0. The molecule has 0 spiro atoms. The van der Waals surface area contributed by atoms with Crippen LogP contribution in [0.1, 0.15) is 28.3 Å². The van der Waals surface area contributed by atoms with Crippen molar-refractivity contribution in [2.75, 3.05) is 38.2 Å². The number of carbonyl (C=O) groups is 1. The minimum Gasteiger partial charge on any atom is -0.497 e. The summed E-state index contributed by atoms with van der Waals surface area (Å²) >= 11 is 0. The zero-order valence-corrected chi connectivity index (χ0v) is 15.1. The molecule has 0 radical (unpaired) electrons. The molecule has 0 aliphatic carbocycles. The van der Waals surface area contributed by atoms with Gasteiger partial charge in [0.15, 0.2) is 0 Å². The highest BCUT2D eigenvalue weighted by Gasteiger charge is 2.28. The molecule has 1 aromatic heterocycles. The molecule has 2 aromatic rings. The van der Waals surface area contributed by atoms with Gasteiger partial charge in [0, 0.05) is 31.9 Å². The zero-order valence-electron chi connectivity index (χ0n) is 15.1. The lowest BCUT2D eigenvalue weighted by Gasteiger charge is -2.36. The first-order chi connectivity index (χ1) is 12.4. The van der Waals surface area contributed by atoms with Crippen molar-refractivity contribution in [3.05, 3.63) is 41.2 Å². The highest BCUT2D eigenvalue weighted by Crippen LogP contribution is 2.23. The van der Waals surface area contributed by atoms with Gasteiger partial charge in [-0.05, 0) is 38.1 Å². The Labute approximate surface area is 151 Å². The molecule has 0 atom stereocenters. The second-order valence-electron chi connectivity index (χ2n) is 6.25. The number of aromatic nitrogens is 2. The SMILES string of the molecule is COc1ccc(N2CCN(C(=O)c3c(C)nn(C(F)F)c3C)CC2)cc1. The quantitative estimate of drug-likeness (QED) is 0.837. The predicted octanol–water partition coefficient (Wildman–Crippen LogP) is 2.87. The minimum absolute atomic E-state index is 0.208. The van der Waals surface area contributed by atoms with E-state index in [0.29, 0.717) is 36.6 Å². The molecule has 1 aromatic carbocycles. The van der Waals surface area contributed by atoms with Crippen molar-refractivity contribution in [1.82, 2.24) is 14.7 Å². The summed E-state index contributed by atoms with van der Waals surface area (Å²) in [6.07, 6.45) is 0. The van der Waals surface area contributed by atoms with E-state index in [1.54, 1.807) is 18.9 Å². The summed E-state index contributed by atoms with van der Waals surface area (Å²) in [6.45, 7) is 2.77. The van der Waals surface area contributed by atoms with Gasteiger partial charge in [-0.2, -0.15) is 13.9 Å². The number of methoxy groups -OCH3 is 1. The zero-order chi connectivity index (χ0) is 18.8. The Bertz CT molecular complexity index is 781. The largest absolute Gasteiger partial charge is 0.497 e. The van der Waals surface area contributed by atoms with Crippen LogP contribution in [0.5, 0.6) is 5.75 Å². The van der Waals surface area contributed by atoms with Crippen molar-refractivity contribution >= 4 is 11.6 Å². The molecule has 6 nitrogen and oxygen atoms in total. The van der Waals surface area contributed by atoms with Gasteiger partial charge in [-0.25, -0.2) is 4.68 Å². The van der Waals surface area contributed by atoms with Gasteiger partial charge in [-0.3, -0.25) is 4.79 Å². The van der Waals surface area contributed by atoms with Crippen molar-refractivity contribution < 1.29 is 18.3 Å². The third kappa shape index (κ3) is 3.36. The second-order valence-corrected chi connectivity index (χ2v) is 6.25. The topological polar surface area (TPSA) is 50.6 Å². The lowest BCUT2D eigenvalue weighted by Crippen LogP contribution is -2.49. The highest BCUT2D eigenvalue weighted by atomic mass is 19.3. The van der Waals surface area contributed by atoms with Crippen LogP contribution < -0.4 is 9.64 Å². The number of piperazine rings is 1. The average molecular weight is 364 g/mol. The second kappa shape index (κ2) is 7.31. The Morgan fingerprint density at radius 1 is 1.12 bits per heavy atom. The summed E-state index contributed by atoms with van der Waals surface area (Å²) in [5.74, 6) is 0.561. The molecule has 1 amide bonds. The fraction of sp³-hybridized carbons (Fsp3) is 0.444. The van der Waals surface area contributed by atoms with Crippen molar-refractivity contribution in [1.29, 1.82) is 0 Å². The first-order valence-corrected chi connectivity index (χ1v) is 8.44. The lowest BCUT2D eigenvalue weighted by atomic mass is 10.1. The molecule has 1 aliphatic heterocycles. The van der Waals surface area contributed by atoms with Crippen molar-refractivity contribution in [2.24, 2.45) is 0 Å². The number of carbonyl (C=O) groups excluding carboxylic acids is 1. The van der Waals surface area contributed by atoms with E-state index >= 15 is 0 Å². The van der Waals surface area contributed by atoms with Crippen molar-refractivity contribution in [3.63, 3.8) is 0 Å². The highest BCUT2D eigenvalue weighted by molar-refractivity contribution is 5.96. The van der Waals surface area contributed by atoms with Crippen LogP contribution in [0.15, 0.2) is 24.3 Å². The monoisotopic (exact) mass is 364 g/mol. The summed E-state index contributed by atoms with van der Waals surface area (Å²) in [5, 5.41) is 3.80. The van der Waals surface area contributed by atoms with Crippen LogP contribution in [0, 0.1) is 13.8 Å². The Hall–Kier alpha value is -2.64. The summed E-state index contributed by atoms with van der Waals surface area (Å²) < 4.78 is 31.7. The molecule has 0 N–H and O–H groups in total. The average Bonchev–Trinajstić information content (AvgIpc) is 2.96. The smallest absolute Gasteiger partial charge is 0.333 e. The number of nitrogens with zero attached hydrogens (tertiary/aromatic N) is 4. The van der Waals surface area contributed by atoms with Gasteiger partial charge >= 0.3 is 6.55 Å². The molecule has 26 heavy (non-hydrogen) atoms. The number of hydrogen-bond acceptors (Lipinski definition) is 4. The molecule has 1 fully saturated rings. The van der Waals surface area contributed by atoms with Crippen LogP contribution >= 0.6 is 0 Å². The molecule has 1 saturated heterocycles. The van der Waals surface area contributed by atoms with E-state index in [4.69, 9.17) is 4.74 Å². The number of benzene rings is 1. The van der Waals surface area contributed by atoms with Crippen LogP contribution in [0.2, 0.25) is 0 Å². The molecule has 140 valence electrons. The third-order valence-corrected chi connectivity index (χ3v) is 4.73. The van der Waals surface area contributed by atoms with Crippen LogP contribution in [0.4, 0.5) is 14.5 Å². The molecule has 0 saturated carbocycles. The summed E-state index contributed by atoms with van der Waals surface area (Å²) in [5.41, 5.74) is 1.89. The van der Waals surface area contributed by atoms with Crippen LogP contribution in [0.25, 0.3) is 0 Å². The van der Waals surface area contributed by atoms with Gasteiger partial charge in [0.25, 0.3) is 5.91 Å². The maximum absolute atomic E-state index is 13.0. The number of anilines is 1. The fourth-order valence-electron chi connectivity index (χ4n) is 3.28. The van der Waals surface area contributed by atoms with Crippen LogP contribution in [-0.2, 0) is 0 Å². The third-order valence-electron chi connectivity index (χ3n) is 4.73. The fourth-order valence-corrected chi connectivity index (χ4v) is 3.28. The maximum Gasteiger partial charge on any atom is 0.333 e. The van der Waals surface area contributed by atoms with E-state index in [2.05, 4.69) is 10.00 Å². The summed E-state index contributed by atoms with van der Waals surface area (Å²) in [4.78, 5) is 16.7. The normalized spacial score (nSPS) is 14.8. The van der Waals surface area contributed by atoms with E-state index in [1.807, 2.05) is 24.3 Å². The van der Waals surface area contributed by atoms with Gasteiger partial charge in [0.2, 0.25) is 0 Å². The van der Waals surface area contributed by atoms with E-state index in [9.17, 15) is 13.6 Å². The molecular weight excluding hydrogens is 342 g/mol. The van der Waals surface area contributed by atoms with Gasteiger partial charge in [0.05, 0.1) is 24.1 Å². The first kappa shape index (κ1) is 18.2. The van der Waals surface area contributed by atoms with Crippen molar-refractivity contribution in [3.8, 4) is 5.75 Å². The van der Waals surface area contributed by atoms with Crippen LogP contribution in [-0.4, -0.2) is 53.9 Å². The number of halogens is 2. The predicted molar refractivity (Wildman–Crippen MR) is 94.1 cm³/mol. The van der Waals surface area contributed by atoms with E-state index in [0.717, 1.165) is 11.4 Å².